The van der Waals surface area contributed by atoms with Gasteiger partial charge in [0, 0.05) is 18.2 Å². The van der Waals surface area contributed by atoms with Gasteiger partial charge in [0.2, 0.25) is 0 Å². The van der Waals surface area contributed by atoms with Crippen molar-refractivity contribution in [1.82, 2.24) is 5.32 Å². The summed E-state index contributed by atoms with van der Waals surface area (Å²) in [7, 11) is 0. The average molecular weight is 318 g/mol. The number of benzene rings is 1. The summed E-state index contributed by atoms with van der Waals surface area (Å²) in [6.07, 6.45) is 1.16. The quantitative estimate of drug-likeness (QED) is 0.857. The smallest absolute Gasteiger partial charge is 0.145 e. The molecule has 2 atom stereocenters. The summed E-state index contributed by atoms with van der Waals surface area (Å²) >= 11 is 7.85. The third kappa shape index (κ3) is 4.27. The zero-order valence-corrected chi connectivity index (χ0v) is 13.4. The molecule has 1 aromatic carbocycles. The second kappa shape index (κ2) is 7.53. The van der Waals surface area contributed by atoms with Gasteiger partial charge in [0.1, 0.15) is 22.7 Å². The summed E-state index contributed by atoms with van der Waals surface area (Å²) in [5, 5.41) is 3.99. The largest absolute Gasteiger partial charge is 0.488 e. The van der Waals surface area contributed by atoms with E-state index >= 15 is 0 Å². The minimum Gasteiger partial charge on any atom is -0.488 e. The van der Waals surface area contributed by atoms with Gasteiger partial charge in [-0.3, -0.25) is 0 Å². The fourth-order valence-electron chi connectivity index (χ4n) is 2.29. The highest BCUT2D eigenvalue weighted by atomic mass is 35.5. The van der Waals surface area contributed by atoms with Crippen LogP contribution in [0.2, 0.25) is 5.02 Å². The highest BCUT2D eigenvalue weighted by Gasteiger charge is 2.27. The zero-order valence-electron chi connectivity index (χ0n) is 11.9. The number of ether oxygens (including phenoxy) is 1. The van der Waals surface area contributed by atoms with Crippen molar-refractivity contribution in [2.75, 3.05) is 18.8 Å². The van der Waals surface area contributed by atoms with E-state index in [4.69, 9.17) is 16.3 Å². The Kier molecular flexibility index (Phi) is 6.00. The highest BCUT2D eigenvalue weighted by Crippen LogP contribution is 2.31. The summed E-state index contributed by atoms with van der Waals surface area (Å²) in [5.41, 5.74) is 0. The van der Waals surface area contributed by atoms with Crippen molar-refractivity contribution in [3.63, 3.8) is 0 Å². The summed E-state index contributed by atoms with van der Waals surface area (Å²) in [4.78, 5) is 0. The zero-order chi connectivity index (χ0) is 14.5. The van der Waals surface area contributed by atoms with Gasteiger partial charge < -0.3 is 10.1 Å². The predicted octanol–water partition coefficient (Wildman–Crippen LogP) is 3.98. The fourth-order valence-corrected chi connectivity index (χ4v) is 3.37. The van der Waals surface area contributed by atoms with E-state index < -0.39 is 5.82 Å². The molecular weight excluding hydrogens is 297 g/mol. The summed E-state index contributed by atoms with van der Waals surface area (Å²) in [6.45, 7) is 6.32. The Morgan fingerprint density at radius 3 is 2.95 bits per heavy atom. The monoisotopic (exact) mass is 317 g/mol. The molecule has 0 saturated carbocycles. The Morgan fingerprint density at radius 1 is 1.50 bits per heavy atom. The van der Waals surface area contributed by atoms with Crippen LogP contribution in [0.1, 0.15) is 20.3 Å². The van der Waals surface area contributed by atoms with Crippen molar-refractivity contribution in [3.05, 3.63) is 29.0 Å². The summed E-state index contributed by atoms with van der Waals surface area (Å²) in [6, 6.07) is 4.72. The first-order valence-electron chi connectivity index (χ1n) is 7.01. The van der Waals surface area contributed by atoms with E-state index in [2.05, 4.69) is 19.2 Å². The normalized spacial score (nSPS) is 20.4. The Morgan fingerprint density at radius 2 is 2.30 bits per heavy atom. The second-order valence-electron chi connectivity index (χ2n) is 5.34. The van der Waals surface area contributed by atoms with Crippen LogP contribution in [0.3, 0.4) is 0 Å². The Balaban J connectivity index is 2.07. The first-order valence-corrected chi connectivity index (χ1v) is 8.43. The lowest BCUT2D eigenvalue weighted by atomic mass is 10.0. The Bertz CT molecular complexity index is 438. The maximum absolute atomic E-state index is 13.5. The molecule has 2 rings (SSSR count). The molecule has 1 aromatic rings. The predicted molar refractivity (Wildman–Crippen MR) is 84.4 cm³/mol. The lowest BCUT2D eigenvalue weighted by molar-refractivity contribution is 0.165. The van der Waals surface area contributed by atoms with Gasteiger partial charge in [0.05, 0.1) is 0 Å². The molecule has 0 aromatic heterocycles. The fraction of sp³-hybridized carbons (Fsp3) is 0.600. The summed E-state index contributed by atoms with van der Waals surface area (Å²) < 4.78 is 19.5. The molecule has 1 aliphatic rings. The molecule has 1 fully saturated rings. The molecule has 0 radical (unpaired) electrons. The lowest BCUT2D eigenvalue weighted by Gasteiger charge is -2.25. The van der Waals surface area contributed by atoms with E-state index in [1.807, 2.05) is 11.8 Å². The van der Waals surface area contributed by atoms with E-state index in [1.54, 1.807) is 12.1 Å². The molecule has 0 bridgehead atoms. The minimum atomic E-state index is -0.427. The van der Waals surface area contributed by atoms with E-state index in [9.17, 15) is 4.39 Å². The van der Waals surface area contributed by atoms with Crippen LogP contribution in [0, 0.1) is 11.7 Å². The molecule has 20 heavy (non-hydrogen) atoms. The van der Waals surface area contributed by atoms with Crippen LogP contribution < -0.4 is 10.1 Å². The van der Waals surface area contributed by atoms with Crippen LogP contribution in [0.25, 0.3) is 0 Å². The molecule has 1 saturated heterocycles. The molecule has 0 spiro atoms. The number of thioether (sulfide) groups is 1. The van der Waals surface area contributed by atoms with E-state index in [0.717, 1.165) is 25.3 Å². The van der Waals surface area contributed by atoms with E-state index in [0.29, 0.717) is 16.9 Å². The van der Waals surface area contributed by atoms with Gasteiger partial charge in [0.15, 0.2) is 0 Å². The number of nitrogens with one attached hydrogen (secondary N) is 1. The minimum absolute atomic E-state index is 0.0664. The van der Waals surface area contributed by atoms with Crippen LogP contribution in [0.5, 0.6) is 5.75 Å². The number of hydrogen-bond donors (Lipinski definition) is 1. The van der Waals surface area contributed by atoms with Gasteiger partial charge >= 0.3 is 0 Å². The van der Waals surface area contributed by atoms with Crippen molar-refractivity contribution in [2.24, 2.45) is 5.92 Å². The van der Waals surface area contributed by atoms with E-state index in [1.165, 1.54) is 6.07 Å². The Hall–Kier alpha value is -0.450. The molecule has 0 amide bonds. The third-order valence-electron chi connectivity index (χ3n) is 3.41. The second-order valence-corrected chi connectivity index (χ2v) is 7.33. The van der Waals surface area contributed by atoms with Gasteiger partial charge in [-0.2, -0.15) is 11.8 Å². The van der Waals surface area contributed by atoms with Gasteiger partial charge in [0.25, 0.3) is 0 Å². The average Bonchev–Trinajstić information content (AvgIpc) is 2.93. The standard InChI is InChI=1S/C15H21ClFNOS/c1-10(2)20-9-14(11-6-7-18-8-11)19-13-5-3-4-12(17)15(13)16/h3-5,10-11,14,18H,6-9H2,1-2H3/t11-,14+/m0/s1. The third-order valence-corrected chi connectivity index (χ3v) is 4.97. The van der Waals surface area contributed by atoms with Gasteiger partial charge in [-0.05, 0) is 30.3 Å². The molecule has 0 aliphatic carbocycles. The molecule has 1 N–H and O–H groups in total. The van der Waals surface area contributed by atoms with Crippen molar-refractivity contribution in [3.8, 4) is 5.75 Å². The van der Waals surface area contributed by atoms with E-state index in [-0.39, 0.29) is 11.1 Å². The number of halogens is 2. The van der Waals surface area contributed by atoms with Gasteiger partial charge in [-0.15, -0.1) is 0 Å². The lowest BCUT2D eigenvalue weighted by Crippen LogP contribution is -2.31. The number of hydrogen-bond acceptors (Lipinski definition) is 3. The molecule has 1 heterocycles. The van der Waals surface area contributed by atoms with Crippen molar-refractivity contribution < 1.29 is 9.13 Å². The van der Waals surface area contributed by atoms with Crippen LogP contribution >= 0.6 is 23.4 Å². The maximum atomic E-state index is 13.5. The van der Waals surface area contributed by atoms with Crippen LogP contribution in [0.4, 0.5) is 4.39 Å². The topological polar surface area (TPSA) is 21.3 Å². The molecule has 5 heteroatoms. The van der Waals surface area contributed by atoms with Crippen LogP contribution in [-0.2, 0) is 0 Å². The van der Waals surface area contributed by atoms with Crippen molar-refractivity contribution in [2.45, 2.75) is 31.6 Å². The first kappa shape index (κ1) is 15.9. The SMILES string of the molecule is CC(C)SC[C@@H](Oc1cccc(F)c1Cl)[C@H]1CCNC1. The van der Waals surface area contributed by atoms with Gasteiger partial charge in [-0.1, -0.05) is 31.5 Å². The van der Waals surface area contributed by atoms with Gasteiger partial charge in [-0.25, -0.2) is 4.39 Å². The first-order chi connectivity index (χ1) is 9.58. The van der Waals surface area contributed by atoms with Crippen molar-refractivity contribution >= 4 is 23.4 Å². The molecule has 0 unspecified atom stereocenters. The molecular formula is C15H21ClFNOS. The molecule has 112 valence electrons. The van der Waals surface area contributed by atoms with Crippen LogP contribution in [-0.4, -0.2) is 30.2 Å². The van der Waals surface area contributed by atoms with Crippen LogP contribution in [0.15, 0.2) is 18.2 Å². The van der Waals surface area contributed by atoms with Crippen molar-refractivity contribution in [1.29, 1.82) is 0 Å². The molecule has 1 aliphatic heterocycles. The summed E-state index contributed by atoms with van der Waals surface area (Å²) in [5.74, 6) is 1.38. The molecule has 2 nitrogen and oxygen atoms in total. The maximum Gasteiger partial charge on any atom is 0.145 e. The number of rotatable bonds is 6. The highest BCUT2D eigenvalue weighted by molar-refractivity contribution is 7.99. The Labute approximate surface area is 129 Å².